The van der Waals surface area contributed by atoms with Gasteiger partial charge in [-0.05, 0) is 38.3 Å². The van der Waals surface area contributed by atoms with Crippen LogP contribution in [0.25, 0.3) is 11.1 Å². The Bertz CT molecular complexity index is 1710. The molecular formula is C32H39N7O4S. The molecule has 0 bridgehead atoms. The highest BCUT2D eigenvalue weighted by Crippen LogP contribution is 2.50. The summed E-state index contributed by atoms with van der Waals surface area (Å²) >= 11 is 1.68. The number of thiophene rings is 1. The molecule has 1 aromatic carbocycles. The number of benzene rings is 1. The second-order valence-corrected chi connectivity index (χ2v) is 13.6. The molecule has 3 N–H and O–H groups in total. The first-order valence-corrected chi connectivity index (χ1v) is 16.0. The van der Waals surface area contributed by atoms with E-state index in [0.29, 0.717) is 35.9 Å². The molecule has 5 heterocycles. The zero-order valence-electron chi connectivity index (χ0n) is 28.2. The first kappa shape index (κ1) is 25.6. The summed E-state index contributed by atoms with van der Waals surface area (Å²) in [5, 5.41) is 18.1. The molecule has 7 rings (SSSR count). The predicted molar refractivity (Wildman–Crippen MR) is 170 cm³/mol. The van der Waals surface area contributed by atoms with Crippen molar-refractivity contribution in [2.24, 2.45) is 11.3 Å². The molecule has 3 aliphatic heterocycles. The zero-order valence-corrected chi connectivity index (χ0v) is 26.0. The van der Waals surface area contributed by atoms with Gasteiger partial charge >= 0.3 is 0 Å². The van der Waals surface area contributed by atoms with E-state index in [4.69, 9.17) is 13.6 Å². The molecule has 1 aliphatic carbocycles. The molecule has 44 heavy (non-hydrogen) atoms. The lowest BCUT2D eigenvalue weighted by Crippen LogP contribution is -2.72. The molecule has 0 radical (unpaired) electrons. The number of anilines is 3. The Balaban J connectivity index is 1.17. The topological polar surface area (TPSA) is 121 Å². The smallest absolute Gasteiger partial charge is 0.273 e. The summed E-state index contributed by atoms with van der Waals surface area (Å²) in [5.41, 5.74) is 3.81. The Morgan fingerprint density at radius 1 is 1.20 bits per heavy atom. The van der Waals surface area contributed by atoms with Crippen LogP contribution in [-0.2, 0) is 17.8 Å². The fraction of sp³-hybridized carbons (Fsp3) is 0.500. The number of hydrogen-bond donors (Lipinski definition) is 3. The number of amides is 2. The second kappa shape index (κ2) is 11.3. The number of rotatable bonds is 9. The van der Waals surface area contributed by atoms with Gasteiger partial charge in [0.05, 0.1) is 30.0 Å². The fourth-order valence-electron chi connectivity index (χ4n) is 6.62. The monoisotopic (exact) mass is 620 g/mol. The van der Waals surface area contributed by atoms with Crippen molar-refractivity contribution in [3.8, 4) is 22.6 Å². The summed E-state index contributed by atoms with van der Waals surface area (Å²) in [6.45, 7) is 7.67. The molecule has 12 heteroatoms. The number of hydrogen-bond acceptors (Lipinski definition) is 10. The molecule has 4 aliphatic rings. The van der Waals surface area contributed by atoms with Crippen molar-refractivity contribution >= 4 is 40.3 Å². The molecule has 0 atom stereocenters. The summed E-state index contributed by atoms with van der Waals surface area (Å²) in [5.74, 6) is 0.390. The van der Waals surface area contributed by atoms with Gasteiger partial charge < -0.3 is 25.4 Å². The lowest BCUT2D eigenvalue weighted by Gasteiger charge is -2.61. The van der Waals surface area contributed by atoms with Gasteiger partial charge in [0.15, 0.2) is 17.3 Å². The summed E-state index contributed by atoms with van der Waals surface area (Å²) in [6, 6.07) is 5.92. The number of ether oxygens (including phenoxy) is 2. The molecule has 2 amide bonds. The van der Waals surface area contributed by atoms with E-state index in [1.165, 1.54) is 24.0 Å². The first-order chi connectivity index (χ1) is 22.4. The minimum absolute atomic E-state index is 0.0704. The van der Waals surface area contributed by atoms with Gasteiger partial charge in [-0.25, -0.2) is 0 Å². The van der Waals surface area contributed by atoms with Gasteiger partial charge in [-0.15, -0.1) is 21.5 Å². The minimum Gasteiger partial charge on any atom is -0.494 e. The maximum absolute atomic E-state index is 13.0. The summed E-state index contributed by atoms with van der Waals surface area (Å²) < 4.78 is 34.9. The highest BCUT2D eigenvalue weighted by molar-refractivity contribution is 7.10. The van der Waals surface area contributed by atoms with Crippen LogP contribution in [-0.4, -0.2) is 84.7 Å². The molecule has 0 unspecified atom stereocenters. The van der Waals surface area contributed by atoms with Gasteiger partial charge in [0.25, 0.3) is 5.91 Å². The van der Waals surface area contributed by atoms with Gasteiger partial charge in [0.2, 0.25) is 5.91 Å². The number of aromatic nitrogens is 2. The van der Waals surface area contributed by atoms with Gasteiger partial charge in [-0.3, -0.25) is 19.4 Å². The van der Waals surface area contributed by atoms with E-state index >= 15 is 0 Å². The van der Waals surface area contributed by atoms with Crippen molar-refractivity contribution in [2.75, 3.05) is 57.5 Å². The number of carbonyl (C=O) groups is 2. The molecular weight excluding hydrogens is 578 g/mol. The number of likely N-dealkylation sites (tertiary alicyclic amines) is 2. The van der Waals surface area contributed by atoms with E-state index < -0.39 is 12.9 Å². The number of methoxy groups -OCH3 is 1. The lowest BCUT2D eigenvalue weighted by molar-refractivity contribution is -0.128. The fourth-order valence-corrected chi connectivity index (χ4v) is 7.64. The molecule has 3 aromatic rings. The van der Waals surface area contributed by atoms with Crippen LogP contribution in [0, 0.1) is 11.3 Å². The standard InChI is InChI=1S/C32H39N7O4S/c1-18(2)39-16-32(17-39)14-38(15-32)12-24-28-21(13-44-24)26-19(9-10-43-28)7-8-22(29(26)42-4)34-23-11-25(35-30(40)20-5-6-20)36-37-27(23)31(41)33-3/h7-8,11,13,18,20H,5-6,9-10,12,14-17H2,1-4H3,(H,33,41)(H2,34,35,36,40)/i3D3. The van der Waals surface area contributed by atoms with E-state index in [1.807, 2.05) is 17.4 Å². The van der Waals surface area contributed by atoms with E-state index in [0.717, 1.165) is 54.9 Å². The maximum atomic E-state index is 13.0. The largest absolute Gasteiger partial charge is 0.494 e. The summed E-state index contributed by atoms with van der Waals surface area (Å²) in [7, 11) is 1.59. The summed E-state index contributed by atoms with van der Waals surface area (Å²) in [6.07, 6.45) is 2.30. The van der Waals surface area contributed by atoms with Gasteiger partial charge in [0.1, 0.15) is 5.75 Å². The van der Waals surface area contributed by atoms with Crippen LogP contribution < -0.4 is 25.4 Å². The average molecular weight is 621 g/mol. The Hall–Kier alpha value is -3.74. The van der Waals surface area contributed by atoms with Crippen LogP contribution >= 0.6 is 11.3 Å². The molecule has 11 nitrogen and oxygen atoms in total. The predicted octanol–water partition coefficient (Wildman–Crippen LogP) is 4.13. The van der Waals surface area contributed by atoms with E-state index in [2.05, 4.69) is 49.9 Å². The molecule has 2 aromatic heterocycles. The van der Waals surface area contributed by atoms with Crippen LogP contribution in [0.5, 0.6) is 11.5 Å². The average Bonchev–Trinajstić information content (AvgIpc) is 3.77. The van der Waals surface area contributed by atoms with Crippen molar-refractivity contribution in [1.82, 2.24) is 25.3 Å². The molecule has 1 saturated carbocycles. The highest BCUT2D eigenvalue weighted by atomic mass is 32.1. The van der Waals surface area contributed by atoms with Crippen LogP contribution in [0.15, 0.2) is 23.6 Å². The van der Waals surface area contributed by atoms with Gasteiger partial charge in [0, 0.05) is 90.2 Å². The number of nitrogens with zero attached hydrogens (tertiary/aromatic N) is 4. The molecule has 3 fully saturated rings. The molecule has 232 valence electrons. The third-order valence-corrected chi connectivity index (χ3v) is 9.99. The first-order valence-electron chi connectivity index (χ1n) is 16.6. The second-order valence-electron chi connectivity index (χ2n) is 12.7. The third-order valence-electron chi connectivity index (χ3n) is 9.04. The van der Waals surface area contributed by atoms with Crippen molar-refractivity contribution in [2.45, 2.75) is 45.7 Å². The minimum atomic E-state index is -2.73. The maximum Gasteiger partial charge on any atom is 0.273 e. The van der Waals surface area contributed by atoms with Crippen molar-refractivity contribution in [1.29, 1.82) is 0 Å². The van der Waals surface area contributed by atoms with Gasteiger partial charge in [-0.2, -0.15) is 0 Å². The Kier molecular flexibility index (Phi) is 6.58. The van der Waals surface area contributed by atoms with Crippen LogP contribution in [0.1, 0.15) is 51.7 Å². The molecule has 2 saturated heterocycles. The Morgan fingerprint density at radius 3 is 2.75 bits per heavy atom. The quantitative estimate of drug-likeness (QED) is 0.324. The van der Waals surface area contributed by atoms with Crippen LogP contribution in [0.2, 0.25) is 0 Å². The van der Waals surface area contributed by atoms with E-state index in [-0.39, 0.29) is 29.0 Å². The van der Waals surface area contributed by atoms with Crippen LogP contribution in [0.3, 0.4) is 0 Å². The van der Waals surface area contributed by atoms with Crippen molar-refractivity contribution in [3.05, 3.63) is 39.7 Å². The van der Waals surface area contributed by atoms with Crippen molar-refractivity contribution < 1.29 is 23.2 Å². The van der Waals surface area contributed by atoms with Crippen LogP contribution in [0.4, 0.5) is 17.2 Å². The Morgan fingerprint density at radius 2 is 2.02 bits per heavy atom. The number of carbonyl (C=O) groups excluding carboxylic acids is 2. The lowest BCUT2D eigenvalue weighted by atomic mass is 9.72. The van der Waals surface area contributed by atoms with E-state index in [9.17, 15) is 9.59 Å². The van der Waals surface area contributed by atoms with Gasteiger partial charge in [-0.1, -0.05) is 6.07 Å². The number of nitrogens with one attached hydrogen (secondary N) is 3. The summed E-state index contributed by atoms with van der Waals surface area (Å²) in [4.78, 5) is 31.7. The van der Waals surface area contributed by atoms with E-state index in [1.54, 1.807) is 18.4 Å². The normalized spacial score (nSPS) is 20.0. The molecule has 1 spiro atoms. The zero-order chi connectivity index (χ0) is 33.1. The van der Waals surface area contributed by atoms with Crippen molar-refractivity contribution in [3.63, 3.8) is 0 Å². The Labute approximate surface area is 265 Å². The third kappa shape index (κ3) is 5.28. The highest BCUT2D eigenvalue weighted by Gasteiger charge is 2.52. The number of fused-ring (bicyclic) bond motifs is 3. The SMILES string of the molecule is [2H]C([2H])([2H])NC(=O)c1nnc(NC(=O)C2CC2)cc1Nc1ccc2c(c1OC)-c1csc(CN3CC4(C3)CN(C(C)C)C4)c1OCC2.